The van der Waals surface area contributed by atoms with E-state index in [1.165, 1.54) is 33.7 Å². The van der Waals surface area contributed by atoms with Crippen molar-refractivity contribution in [3.63, 3.8) is 0 Å². The van der Waals surface area contributed by atoms with Gasteiger partial charge in [0.25, 0.3) is 27.7 Å². The van der Waals surface area contributed by atoms with E-state index >= 15 is 0 Å². The fraction of sp³-hybridized carbons (Fsp3) is 0.415. The molecule has 86 heavy (non-hydrogen) atoms. The predicted molar refractivity (Wildman–Crippen MR) is 334 cm³/mol. The van der Waals surface area contributed by atoms with Gasteiger partial charge < -0.3 is 25.2 Å². The lowest BCUT2D eigenvalue weighted by molar-refractivity contribution is -0.136. The fourth-order valence-corrected chi connectivity index (χ4v) is 14.9. The molecule has 6 amide bonds. The number of halogens is 1. The molecule has 0 saturated carbocycles. The summed E-state index contributed by atoms with van der Waals surface area (Å²) in [5, 5.41) is 9.82. The van der Waals surface area contributed by atoms with Crippen molar-refractivity contribution in [2.45, 2.75) is 86.1 Å². The molecule has 4 fully saturated rings. The first kappa shape index (κ1) is 60.6. The van der Waals surface area contributed by atoms with Crippen molar-refractivity contribution < 1.29 is 41.9 Å². The number of ether oxygens (including phenoxy) is 1. The number of carbonyl (C=O) groups is 6. The predicted octanol–water partition coefficient (Wildman–Crippen LogP) is 8.42. The van der Waals surface area contributed by atoms with Crippen LogP contribution in [0.2, 0.25) is 5.02 Å². The molecular weight excluding hydrogens is 1150 g/mol. The largest absolute Gasteiger partial charge is 0.384 e. The van der Waals surface area contributed by atoms with Crippen molar-refractivity contribution >= 4 is 91.5 Å². The normalized spacial score (nSPS) is 19.8. The zero-order chi connectivity index (χ0) is 59.8. The monoisotopic (exact) mass is 1220 g/mol. The number of nitrogens with one attached hydrogen (secondary N) is 4. The van der Waals surface area contributed by atoms with Gasteiger partial charge in [0.15, 0.2) is 0 Å². The average molecular weight is 1220 g/mol. The Kier molecular flexibility index (Phi) is 19.3. The molecule has 0 bridgehead atoms. The molecule has 5 aliphatic heterocycles. The second kappa shape index (κ2) is 27.3. The van der Waals surface area contributed by atoms with Crippen LogP contribution in [0.5, 0.6) is 0 Å². The van der Waals surface area contributed by atoms with Gasteiger partial charge in [0.1, 0.15) is 6.04 Å². The van der Waals surface area contributed by atoms with Crippen LogP contribution in [0.25, 0.3) is 5.57 Å². The van der Waals surface area contributed by atoms with Crippen LogP contribution in [-0.2, 0) is 29.1 Å². The van der Waals surface area contributed by atoms with Crippen LogP contribution in [0.4, 0.5) is 17.1 Å². The van der Waals surface area contributed by atoms with Gasteiger partial charge in [0.2, 0.25) is 17.7 Å². The number of morpholine rings is 1. The van der Waals surface area contributed by atoms with Crippen molar-refractivity contribution in [2.24, 2.45) is 5.41 Å². The van der Waals surface area contributed by atoms with Gasteiger partial charge in [0, 0.05) is 129 Å². The van der Waals surface area contributed by atoms with E-state index in [1.807, 2.05) is 47.4 Å². The van der Waals surface area contributed by atoms with Crippen molar-refractivity contribution in [1.29, 1.82) is 0 Å². The van der Waals surface area contributed by atoms with Crippen LogP contribution in [0.1, 0.15) is 101 Å². The number of rotatable bonds is 21. The summed E-state index contributed by atoms with van der Waals surface area (Å²) in [7, 11) is -4.15. The Hall–Kier alpha value is -7.07. The van der Waals surface area contributed by atoms with E-state index in [2.05, 4.69) is 59.6 Å². The third-order valence-corrected chi connectivity index (χ3v) is 20.6. The third kappa shape index (κ3) is 14.5. The molecule has 1 spiro atoms. The van der Waals surface area contributed by atoms with Gasteiger partial charge in [0.05, 0.1) is 29.2 Å². The van der Waals surface area contributed by atoms with Crippen LogP contribution in [0.3, 0.4) is 0 Å². The number of benzene rings is 5. The minimum Gasteiger partial charge on any atom is -0.384 e. The summed E-state index contributed by atoms with van der Waals surface area (Å²) >= 11 is 8.16. The van der Waals surface area contributed by atoms with Crippen molar-refractivity contribution in [1.82, 2.24) is 29.6 Å². The Morgan fingerprint density at radius 2 is 1.50 bits per heavy atom. The minimum absolute atomic E-state index is 0.00469. The van der Waals surface area contributed by atoms with Crippen LogP contribution in [0, 0.1) is 5.41 Å². The van der Waals surface area contributed by atoms with E-state index in [-0.39, 0.29) is 51.8 Å². The molecule has 2 atom stereocenters. The molecule has 1 unspecified atom stereocenters. The number of hydrogen-bond acceptors (Lipinski definition) is 15. The Bertz CT molecular complexity index is 3440. The quantitative estimate of drug-likeness (QED) is 0.0309. The van der Waals surface area contributed by atoms with Crippen LogP contribution in [0.15, 0.2) is 137 Å². The summed E-state index contributed by atoms with van der Waals surface area (Å²) in [5.74, 6) is -1.99. The molecule has 18 nitrogen and oxygen atoms in total. The maximum absolute atomic E-state index is 13.7. The highest BCUT2D eigenvalue weighted by atomic mass is 35.5. The molecule has 452 valence electrons. The van der Waals surface area contributed by atoms with Gasteiger partial charge in [-0.1, -0.05) is 53.6 Å². The van der Waals surface area contributed by atoms with E-state index in [0.717, 1.165) is 126 Å². The Morgan fingerprint density at radius 3 is 2.22 bits per heavy atom. The van der Waals surface area contributed by atoms with E-state index in [1.54, 1.807) is 54.2 Å². The molecule has 5 aromatic rings. The highest BCUT2D eigenvalue weighted by Crippen LogP contribution is 2.49. The van der Waals surface area contributed by atoms with Gasteiger partial charge in [-0.3, -0.25) is 48.8 Å². The van der Waals surface area contributed by atoms with Gasteiger partial charge in [-0.25, -0.2) is 13.1 Å². The summed E-state index contributed by atoms with van der Waals surface area (Å²) in [6.45, 7) is 10.1. The zero-order valence-electron chi connectivity index (χ0n) is 48.3. The number of anilines is 3. The lowest BCUT2D eigenvalue weighted by atomic mass is 9.65. The number of piperidine rings is 2. The molecule has 4 N–H and O–H groups in total. The molecule has 0 radical (unpaired) electrons. The molecule has 0 aromatic heterocycles. The minimum atomic E-state index is -4.15. The summed E-state index contributed by atoms with van der Waals surface area (Å²) < 4.78 is 34.9. The van der Waals surface area contributed by atoms with Crippen LogP contribution < -0.4 is 25.6 Å². The number of nitrogens with zero attached hydrogens (tertiary/aromatic N) is 5. The fourth-order valence-electron chi connectivity index (χ4n) is 12.8. The molecule has 21 heteroatoms. The average Bonchev–Trinajstić information content (AvgIpc) is 3.76. The topological polar surface area (TPSA) is 210 Å². The molecule has 6 aliphatic rings. The lowest BCUT2D eigenvalue weighted by Crippen LogP contribution is -2.54. The van der Waals surface area contributed by atoms with Gasteiger partial charge >= 0.3 is 0 Å². The highest BCUT2D eigenvalue weighted by Gasteiger charge is 2.46. The Morgan fingerprint density at radius 1 is 0.767 bits per heavy atom. The number of likely N-dealkylation sites (tertiary alicyclic amines) is 1. The molecular formula is C65H74ClN9O9S2. The number of thioether (sulfide) groups is 1. The number of imide groups is 2. The maximum Gasteiger partial charge on any atom is 0.264 e. The molecule has 5 heterocycles. The van der Waals surface area contributed by atoms with Crippen molar-refractivity contribution in [2.75, 3.05) is 106 Å². The molecule has 1 aliphatic carbocycles. The van der Waals surface area contributed by atoms with Gasteiger partial charge in [-0.2, -0.15) is 0 Å². The smallest absolute Gasteiger partial charge is 0.264 e. The summed E-state index contributed by atoms with van der Waals surface area (Å²) in [6, 6.07) is 36.2. The second-order valence-corrected chi connectivity index (χ2v) is 26.5. The number of amides is 6. The number of fused-ring (bicyclic) bond motifs is 1. The second-order valence-electron chi connectivity index (χ2n) is 23.3. The number of carbonyl (C=O) groups excluding carboxylic acids is 6. The standard InChI is InChI=1S/C65H74ClN9O9S2/c66-48-15-11-45(12-16-48)54-25-27-65(28-32-74(33-29-65)59(77)10-5-30-67-56-9-4-8-55-60(56)64(81)75(63(55)80)57-23-24-58(76)69-62(57)79)42-47(54)43-72-34-36-73(37-35-72)51-19-13-46(14-20-51)61(78)70-86(82,83)53-21-17-49(18-22-53)68-50(26-31-71-38-40-84-41-39-71)44-85-52-6-2-1-3-7-52/h1-4,6-9,11-22,50,57,67-68H,5,10,23-44H2,(H,70,78)(H,69,76,79)/t50-,57?/m1/s1. The first-order valence-electron chi connectivity index (χ1n) is 30.0. The van der Waals surface area contributed by atoms with E-state index in [0.29, 0.717) is 43.2 Å². The molecule has 11 rings (SSSR count). The first-order chi connectivity index (χ1) is 41.7. The third-order valence-electron chi connectivity index (χ3n) is 17.8. The summed E-state index contributed by atoms with van der Waals surface area (Å²) in [6.07, 6.45) is 6.63. The zero-order valence-corrected chi connectivity index (χ0v) is 50.7. The van der Waals surface area contributed by atoms with E-state index in [9.17, 15) is 37.2 Å². The van der Waals surface area contributed by atoms with E-state index in [4.69, 9.17) is 16.3 Å². The lowest BCUT2D eigenvalue weighted by Gasteiger charge is -2.46. The Balaban J connectivity index is 0.647. The van der Waals surface area contributed by atoms with Gasteiger partial charge in [-0.15, -0.1) is 11.8 Å². The van der Waals surface area contributed by atoms with Crippen LogP contribution >= 0.6 is 23.4 Å². The number of allylic oxidation sites excluding steroid dienone is 1. The molecule has 5 aromatic carbocycles. The SMILES string of the molecule is O=C1CCC(N2C(=O)c3cccc(NCCCC(=O)N4CCC5(CCC(c6ccc(Cl)cc6)=C(CN6CCN(c7ccc(C(=O)NS(=O)(=O)c8ccc(N[C@H](CCN9CCOCC9)CSc9ccccc9)cc8)cc7)CC6)C5)CC4)c3C2=O)C(=O)N1. The summed E-state index contributed by atoms with van der Waals surface area (Å²) in [4.78, 5) is 89.7. The molecule has 4 saturated heterocycles. The number of sulfonamides is 1. The highest BCUT2D eigenvalue weighted by molar-refractivity contribution is 7.99. The van der Waals surface area contributed by atoms with Crippen LogP contribution in [-0.4, -0.2) is 167 Å². The first-order valence-corrected chi connectivity index (χ1v) is 32.8. The van der Waals surface area contributed by atoms with E-state index < -0.39 is 45.6 Å². The summed E-state index contributed by atoms with van der Waals surface area (Å²) in [5.41, 5.74) is 6.96. The Labute approximate surface area is 512 Å². The number of piperazine rings is 1. The van der Waals surface area contributed by atoms with Crippen molar-refractivity contribution in [3.8, 4) is 0 Å². The maximum atomic E-state index is 13.7. The van der Waals surface area contributed by atoms with Gasteiger partial charge in [-0.05, 0) is 153 Å². The number of hydrogen-bond donors (Lipinski definition) is 4. The van der Waals surface area contributed by atoms with Crippen molar-refractivity contribution in [3.05, 3.63) is 154 Å².